The molecule has 0 fully saturated rings. The first kappa shape index (κ1) is 17.5. The molecule has 9 heteroatoms. The number of benzene rings is 2. The van der Waals surface area contributed by atoms with Gasteiger partial charge < -0.3 is 14.5 Å². The topological polar surface area (TPSA) is 77.2 Å². The molecular weight excluding hydrogens is 351 g/mol. The smallest absolute Gasteiger partial charge is 0.416 e. The van der Waals surface area contributed by atoms with Gasteiger partial charge in [0.2, 0.25) is 5.89 Å². The molecule has 0 radical (unpaired) electrons. The van der Waals surface area contributed by atoms with Crippen molar-refractivity contribution in [3.63, 3.8) is 0 Å². The molecule has 26 heavy (non-hydrogen) atoms. The number of hydrogen-bond donors (Lipinski definition) is 1. The van der Waals surface area contributed by atoms with Crippen LogP contribution in [-0.4, -0.2) is 23.2 Å². The van der Waals surface area contributed by atoms with Gasteiger partial charge >= 0.3 is 18.0 Å². The van der Waals surface area contributed by atoms with E-state index in [-0.39, 0.29) is 17.5 Å². The number of alkyl halides is 3. The van der Waals surface area contributed by atoms with Gasteiger partial charge in [-0.2, -0.15) is 13.2 Å². The van der Waals surface area contributed by atoms with E-state index in [0.717, 1.165) is 24.3 Å². The van der Waals surface area contributed by atoms with Crippen LogP contribution in [0, 0.1) is 0 Å². The first-order valence-corrected chi connectivity index (χ1v) is 7.33. The van der Waals surface area contributed by atoms with Gasteiger partial charge in [0.1, 0.15) is 5.75 Å². The molecule has 1 N–H and O–H groups in total. The summed E-state index contributed by atoms with van der Waals surface area (Å²) in [6.45, 7) is 0. The average molecular weight is 363 g/mol. The van der Waals surface area contributed by atoms with Crippen LogP contribution in [0.1, 0.15) is 16.2 Å². The molecule has 3 aromatic rings. The van der Waals surface area contributed by atoms with E-state index in [1.165, 1.54) is 7.11 Å². The molecule has 0 aliphatic carbocycles. The van der Waals surface area contributed by atoms with Crippen LogP contribution in [0.3, 0.4) is 0 Å². The van der Waals surface area contributed by atoms with Crippen molar-refractivity contribution in [1.29, 1.82) is 0 Å². The molecule has 1 amide bonds. The predicted octanol–water partition coefficient (Wildman–Crippen LogP) is 4.02. The number of nitrogens with one attached hydrogen (secondary N) is 1. The molecule has 1 heterocycles. The Balaban J connectivity index is 1.71. The SMILES string of the molecule is COc1ccc(-c2nnc(C(=O)Nc3ccc(C(F)(F)F)cc3)o2)cc1. The lowest BCUT2D eigenvalue weighted by molar-refractivity contribution is -0.137. The van der Waals surface area contributed by atoms with Gasteiger partial charge in [-0.15, -0.1) is 10.2 Å². The van der Waals surface area contributed by atoms with E-state index in [4.69, 9.17) is 9.15 Å². The van der Waals surface area contributed by atoms with Crippen molar-refractivity contribution in [3.8, 4) is 17.2 Å². The molecule has 0 saturated heterocycles. The first-order chi connectivity index (χ1) is 12.4. The van der Waals surface area contributed by atoms with Crippen molar-refractivity contribution in [3.05, 3.63) is 60.0 Å². The van der Waals surface area contributed by atoms with Crippen LogP contribution in [0.4, 0.5) is 18.9 Å². The summed E-state index contributed by atoms with van der Waals surface area (Å²) >= 11 is 0. The Hall–Kier alpha value is -3.36. The third-order valence-corrected chi connectivity index (χ3v) is 3.43. The number of carbonyl (C=O) groups excluding carboxylic acids is 1. The Morgan fingerprint density at radius 1 is 1.04 bits per heavy atom. The summed E-state index contributed by atoms with van der Waals surface area (Å²) in [6, 6.07) is 10.8. The highest BCUT2D eigenvalue weighted by Gasteiger charge is 2.30. The standard InChI is InChI=1S/C17H12F3N3O3/c1-25-13-8-2-10(3-9-13)15-22-23-16(26-15)14(24)21-12-6-4-11(5-7-12)17(18,19)20/h2-9H,1H3,(H,21,24). The largest absolute Gasteiger partial charge is 0.497 e. The van der Waals surface area contributed by atoms with Crippen LogP contribution >= 0.6 is 0 Å². The van der Waals surface area contributed by atoms with Crippen LogP contribution in [0.25, 0.3) is 11.5 Å². The molecule has 6 nitrogen and oxygen atoms in total. The fraction of sp³-hybridized carbons (Fsp3) is 0.118. The maximum Gasteiger partial charge on any atom is 0.416 e. The van der Waals surface area contributed by atoms with Crippen LogP contribution in [0.5, 0.6) is 5.75 Å². The number of methoxy groups -OCH3 is 1. The zero-order valence-corrected chi connectivity index (χ0v) is 13.4. The minimum Gasteiger partial charge on any atom is -0.497 e. The predicted molar refractivity (Wildman–Crippen MR) is 85.7 cm³/mol. The van der Waals surface area contributed by atoms with E-state index < -0.39 is 17.6 Å². The van der Waals surface area contributed by atoms with E-state index in [9.17, 15) is 18.0 Å². The normalized spacial score (nSPS) is 11.2. The number of nitrogens with zero attached hydrogens (tertiary/aromatic N) is 2. The van der Waals surface area contributed by atoms with E-state index in [1.807, 2.05) is 0 Å². The highest BCUT2D eigenvalue weighted by atomic mass is 19.4. The molecule has 0 spiro atoms. The van der Waals surface area contributed by atoms with Gasteiger partial charge in [0.15, 0.2) is 0 Å². The van der Waals surface area contributed by atoms with Crippen molar-refractivity contribution in [2.45, 2.75) is 6.18 Å². The molecule has 2 aromatic carbocycles. The molecule has 1 aromatic heterocycles. The minimum absolute atomic E-state index is 0.130. The number of hydrogen-bond acceptors (Lipinski definition) is 5. The third-order valence-electron chi connectivity index (χ3n) is 3.43. The van der Waals surface area contributed by atoms with Crippen LogP contribution in [0.15, 0.2) is 52.9 Å². The molecule has 0 atom stereocenters. The summed E-state index contributed by atoms with van der Waals surface area (Å²) in [5, 5.41) is 9.83. The van der Waals surface area contributed by atoms with Crippen LogP contribution in [-0.2, 0) is 6.18 Å². The fourth-order valence-electron chi connectivity index (χ4n) is 2.09. The zero-order chi connectivity index (χ0) is 18.7. The van der Waals surface area contributed by atoms with Crippen LogP contribution in [0.2, 0.25) is 0 Å². The van der Waals surface area contributed by atoms with Crippen molar-refractivity contribution >= 4 is 11.6 Å². The summed E-state index contributed by atoms with van der Waals surface area (Å²) in [7, 11) is 1.53. The summed E-state index contributed by atoms with van der Waals surface area (Å²) in [6.07, 6.45) is -4.44. The van der Waals surface area contributed by atoms with Crippen molar-refractivity contribution in [1.82, 2.24) is 10.2 Å². The fourth-order valence-corrected chi connectivity index (χ4v) is 2.09. The van der Waals surface area contributed by atoms with Gasteiger partial charge in [-0.25, -0.2) is 0 Å². The molecule has 3 rings (SSSR count). The average Bonchev–Trinajstić information content (AvgIpc) is 3.12. The zero-order valence-electron chi connectivity index (χ0n) is 13.4. The van der Waals surface area contributed by atoms with Crippen LogP contribution < -0.4 is 10.1 Å². The Labute approximate surface area is 145 Å². The molecule has 0 bridgehead atoms. The number of halogens is 3. The molecule has 0 aliphatic rings. The van der Waals surface area contributed by atoms with Crippen molar-refractivity contribution in [2.75, 3.05) is 12.4 Å². The Morgan fingerprint density at radius 2 is 1.69 bits per heavy atom. The maximum atomic E-state index is 12.5. The van der Waals surface area contributed by atoms with Gasteiger partial charge in [-0.05, 0) is 48.5 Å². The van der Waals surface area contributed by atoms with Gasteiger partial charge in [0.05, 0.1) is 12.7 Å². The van der Waals surface area contributed by atoms with Crippen molar-refractivity contribution in [2.24, 2.45) is 0 Å². The van der Waals surface area contributed by atoms with Gasteiger partial charge in [0.25, 0.3) is 0 Å². The molecule has 0 aliphatic heterocycles. The lowest BCUT2D eigenvalue weighted by atomic mass is 10.2. The lowest BCUT2D eigenvalue weighted by Gasteiger charge is -2.07. The maximum absolute atomic E-state index is 12.5. The first-order valence-electron chi connectivity index (χ1n) is 7.33. The number of rotatable bonds is 4. The summed E-state index contributed by atoms with van der Waals surface area (Å²) in [5.74, 6) is -0.258. The molecule has 0 saturated carbocycles. The minimum atomic E-state index is -4.44. The second-order valence-electron chi connectivity index (χ2n) is 5.17. The number of aromatic nitrogens is 2. The van der Waals surface area contributed by atoms with Gasteiger partial charge in [0, 0.05) is 11.3 Å². The van der Waals surface area contributed by atoms with E-state index >= 15 is 0 Å². The lowest BCUT2D eigenvalue weighted by Crippen LogP contribution is -2.12. The highest BCUT2D eigenvalue weighted by Crippen LogP contribution is 2.30. The van der Waals surface area contributed by atoms with Crippen molar-refractivity contribution < 1.29 is 27.1 Å². The number of ether oxygens (including phenoxy) is 1. The van der Waals surface area contributed by atoms with E-state index in [1.54, 1.807) is 24.3 Å². The Morgan fingerprint density at radius 3 is 2.27 bits per heavy atom. The monoisotopic (exact) mass is 363 g/mol. The van der Waals surface area contributed by atoms with Gasteiger partial charge in [-0.1, -0.05) is 0 Å². The second kappa shape index (κ2) is 6.87. The van der Waals surface area contributed by atoms with Gasteiger partial charge in [-0.3, -0.25) is 4.79 Å². The summed E-state index contributed by atoms with van der Waals surface area (Å²) < 4.78 is 47.9. The third kappa shape index (κ3) is 3.82. The quantitative estimate of drug-likeness (QED) is 0.758. The molecule has 0 unspecified atom stereocenters. The Bertz CT molecular complexity index is 903. The second-order valence-corrected chi connectivity index (χ2v) is 5.17. The van der Waals surface area contributed by atoms with E-state index in [0.29, 0.717) is 11.3 Å². The highest BCUT2D eigenvalue weighted by molar-refractivity contribution is 6.00. The number of amides is 1. The number of anilines is 1. The molecule has 134 valence electrons. The Kier molecular flexibility index (Phi) is 4.61. The number of carbonyl (C=O) groups is 1. The molecular formula is C17H12F3N3O3. The summed E-state index contributed by atoms with van der Waals surface area (Å²) in [5.41, 5.74) is -0.0471. The summed E-state index contributed by atoms with van der Waals surface area (Å²) in [4.78, 5) is 12.1. The van der Waals surface area contributed by atoms with E-state index in [2.05, 4.69) is 15.5 Å².